The van der Waals surface area contributed by atoms with E-state index in [0.717, 1.165) is 44.9 Å². The molecule has 0 fully saturated rings. The van der Waals surface area contributed by atoms with Crippen molar-refractivity contribution in [1.29, 1.82) is 0 Å². The fraction of sp³-hybridized carbons (Fsp3) is 0.926. The summed E-state index contributed by atoms with van der Waals surface area (Å²) >= 11 is 0. The number of aliphatic hydroxyl groups excluding tert-OH is 1. The predicted octanol–water partition coefficient (Wildman–Crippen LogP) is 21.5. The molecular formula is C68H136N2O6P+. The number of nitrogens with one attached hydrogen (secondary N) is 1. The first kappa shape index (κ1) is 76.0. The summed E-state index contributed by atoms with van der Waals surface area (Å²) in [5.74, 6) is -0.136. The molecule has 77 heavy (non-hydrogen) atoms. The van der Waals surface area contributed by atoms with Gasteiger partial charge in [-0.3, -0.25) is 13.8 Å². The van der Waals surface area contributed by atoms with E-state index in [1.54, 1.807) is 0 Å². The molecule has 458 valence electrons. The molecule has 9 heteroatoms. The molecule has 0 rings (SSSR count). The van der Waals surface area contributed by atoms with Crippen LogP contribution in [-0.4, -0.2) is 73.4 Å². The minimum absolute atomic E-state index is 0.0778. The summed E-state index contributed by atoms with van der Waals surface area (Å²) in [6.07, 6.45) is 77.0. The highest BCUT2D eigenvalue weighted by Crippen LogP contribution is 2.43. The summed E-state index contributed by atoms with van der Waals surface area (Å²) in [6, 6.07) is -0.758. The fourth-order valence-electron chi connectivity index (χ4n) is 10.6. The highest BCUT2D eigenvalue weighted by Gasteiger charge is 2.28. The molecule has 1 amide bonds. The van der Waals surface area contributed by atoms with Crippen molar-refractivity contribution in [2.45, 2.75) is 366 Å². The minimum Gasteiger partial charge on any atom is -0.391 e. The molecule has 0 aromatic rings. The Morgan fingerprint density at radius 2 is 0.740 bits per heavy atom. The van der Waals surface area contributed by atoms with Gasteiger partial charge in [0.05, 0.1) is 39.9 Å². The molecule has 0 saturated heterocycles. The lowest BCUT2D eigenvalue weighted by molar-refractivity contribution is -0.870. The van der Waals surface area contributed by atoms with E-state index in [1.165, 1.54) is 283 Å². The molecule has 0 saturated carbocycles. The maximum absolute atomic E-state index is 13.1. The van der Waals surface area contributed by atoms with Gasteiger partial charge in [-0.2, -0.15) is 0 Å². The lowest BCUT2D eigenvalue weighted by Gasteiger charge is -2.26. The van der Waals surface area contributed by atoms with Gasteiger partial charge < -0.3 is 19.8 Å². The molecule has 3 atom stereocenters. The third kappa shape index (κ3) is 62.4. The number of phosphoric acid groups is 1. The summed E-state index contributed by atoms with van der Waals surface area (Å²) in [5, 5.41) is 14.1. The number of rotatable bonds is 64. The molecule has 3 N–H and O–H groups in total. The number of carbonyl (C=O) groups is 1. The van der Waals surface area contributed by atoms with Gasteiger partial charge >= 0.3 is 7.82 Å². The zero-order valence-electron chi connectivity index (χ0n) is 52.5. The van der Waals surface area contributed by atoms with Gasteiger partial charge in [0.15, 0.2) is 0 Å². The van der Waals surface area contributed by atoms with Crippen molar-refractivity contribution >= 4 is 13.7 Å². The number of quaternary nitrogens is 1. The third-order valence-electron chi connectivity index (χ3n) is 16.0. The Labute approximate surface area is 481 Å². The number of aliphatic hydroxyl groups is 1. The Kier molecular flexibility index (Phi) is 58.8. The Bertz CT molecular complexity index is 1300. The zero-order chi connectivity index (χ0) is 56.3. The zero-order valence-corrected chi connectivity index (χ0v) is 53.4. The highest BCUT2D eigenvalue weighted by molar-refractivity contribution is 7.47. The van der Waals surface area contributed by atoms with Crippen LogP contribution in [0.15, 0.2) is 24.3 Å². The molecule has 0 radical (unpaired) electrons. The molecule has 0 aromatic heterocycles. The van der Waals surface area contributed by atoms with Gasteiger partial charge in [-0.1, -0.05) is 327 Å². The van der Waals surface area contributed by atoms with Crippen molar-refractivity contribution in [2.75, 3.05) is 40.9 Å². The summed E-state index contributed by atoms with van der Waals surface area (Å²) in [4.78, 5) is 23.4. The van der Waals surface area contributed by atoms with Crippen molar-refractivity contribution in [2.24, 2.45) is 0 Å². The number of nitrogens with zero attached hydrogens (tertiary/aromatic N) is 1. The lowest BCUT2D eigenvalue weighted by Crippen LogP contribution is -2.46. The molecule has 0 aliphatic heterocycles. The van der Waals surface area contributed by atoms with E-state index in [9.17, 15) is 19.4 Å². The Morgan fingerprint density at radius 1 is 0.442 bits per heavy atom. The smallest absolute Gasteiger partial charge is 0.391 e. The topological polar surface area (TPSA) is 105 Å². The highest BCUT2D eigenvalue weighted by atomic mass is 31.2. The molecule has 0 aliphatic carbocycles. The second-order valence-corrected chi connectivity index (χ2v) is 26.4. The molecule has 0 aliphatic rings. The molecule has 0 spiro atoms. The number of likely N-dealkylation sites (N-methyl/N-ethyl adjacent to an activating group) is 1. The average Bonchev–Trinajstić information content (AvgIpc) is 3.39. The van der Waals surface area contributed by atoms with E-state index in [4.69, 9.17) is 9.05 Å². The third-order valence-corrected chi connectivity index (χ3v) is 16.9. The van der Waals surface area contributed by atoms with E-state index >= 15 is 0 Å². The van der Waals surface area contributed by atoms with Crippen LogP contribution in [0.5, 0.6) is 0 Å². The van der Waals surface area contributed by atoms with Gasteiger partial charge in [0, 0.05) is 6.42 Å². The van der Waals surface area contributed by atoms with Crippen LogP contribution < -0.4 is 5.32 Å². The van der Waals surface area contributed by atoms with E-state index in [-0.39, 0.29) is 19.1 Å². The van der Waals surface area contributed by atoms with Crippen molar-refractivity contribution in [3.63, 3.8) is 0 Å². The largest absolute Gasteiger partial charge is 0.472 e. The van der Waals surface area contributed by atoms with Gasteiger partial charge in [0.2, 0.25) is 5.91 Å². The van der Waals surface area contributed by atoms with E-state index in [0.29, 0.717) is 23.9 Å². The number of carbonyl (C=O) groups excluding carboxylic acids is 1. The van der Waals surface area contributed by atoms with Crippen molar-refractivity contribution in [3.8, 4) is 0 Å². The number of hydrogen-bond donors (Lipinski definition) is 3. The van der Waals surface area contributed by atoms with Crippen LogP contribution >= 0.6 is 7.82 Å². The van der Waals surface area contributed by atoms with Gasteiger partial charge in [-0.25, -0.2) is 4.57 Å². The minimum atomic E-state index is -4.32. The summed E-state index contributed by atoms with van der Waals surface area (Å²) in [6.45, 7) is 4.94. The number of hydrogen-bond acceptors (Lipinski definition) is 5. The average molecular weight is 1110 g/mol. The molecule has 3 unspecified atom stereocenters. The predicted molar refractivity (Wildman–Crippen MR) is 337 cm³/mol. The second-order valence-electron chi connectivity index (χ2n) is 24.9. The van der Waals surface area contributed by atoms with Crippen LogP contribution in [0.2, 0.25) is 0 Å². The van der Waals surface area contributed by atoms with Crippen molar-refractivity contribution in [3.05, 3.63) is 24.3 Å². The summed E-state index contributed by atoms with van der Waals surface area (Å²) < 4.78 is 23.9. The van der Waals surface area contributed by atoms with E-state index < -0.39 is 20.0 Å². The summed E-state index contributed by atoms with van der Waals surface area (Å²) in [7, 11) is 1.64. The van der Waals surface area contributed by atoms with Gasteiger partial charge in [0.25, 0.3) is 0 Å². The first-order valence-electron chi connectivity index (χ1n) is 34.2. The first-order chi connectivity index (χ1) is 37.5. The quantitative estimate of drug-likeness (QED) is 0.0243. The van der Waals surface area contributed by atoms with Crippen LogP contribution in [0, 0.1) is 0 Å². The number of phosphoric ester groups is 1. The fourth-order valence-corrected chi connectivity index (χ4v) is 11.3. The number of unbranched alkanes of at least 4 members (excludes halogenated alkanes) is 47. The Morgan fingerprint density at radius 3 is 1.06 bits per heavy atom. The Hall–Kier alpha value is -1.02. The van der Waals surface area contributed by atoms with Gasteiger partial charge in [0.1, 0.15) is 13.2 Å². The summed E-state index contributed by atoms with van der Waals surface area (Å²) in [5.41, 5.74) is 0. The molecule has 0 aromatic carbocycles. The maximum Gasteiger partial charge on any atom is 0.472 e. The van der Waals surface area contributed by atoms with Crippen molar-refractivity contribution < 1.29 is 32.9 Å². The molecule has 0 heterocycles. The normalized spacial score (nSPS) is 13.8. The van der Waals surface area contributed by atoms with Crippen LogP contribution in [0.3, 0.4) is 0 Å². The molecule has 0 bridgehead atoms. The second kappa shape index (κ2) is 59.6. The molecule has 8 nitrogen and oxygen atoms in total. The standard InChI is InChI=1S/C68H135N2O6P/c1-6-8-10-12-14-16-18-20-22-24-26-28-29-30-31-32-33-34-35-36-37-38-39-40-41-42-44-46-48-50-52-54-56-58-60-62-68(72)69-66(65-76-77(73,74)75-64-63-70(3,4)5)67(71)61-59-57-55-53-51-49-47-45-43-27-25-23-21-19-17-15-13-11-9-7-2/h18,20,24,26,66-67,71H,6-17,19,21-23,25,27-65H2,1-5H3,(H-,69,72,73,74)/p+1/b20-18-,26-24-. The first-order valence-corrected chi connectivity index (χ1v) is 35.7. The monoisotopic (exact) mass is 1110 g/mol. The SMILES string of the molecule is CCCCCCC/C=C\C/C=C\CCCCCCCCCCCCCCCCCCCCCCCCCC(=O)NC(COP(=O)(O)OCC[N+](C)(C)C)C(O)CCCCCCCCCCCCCCCCCCCCCC. The van der Waals surface area contributed by atoms with Crippen LogP contribution in [0.4, 0.5) is 0 Å². The lowest BCUT2D eigenvalue weighted by atomic mass is 10.0. The van der Waals surface area contributed by atoms with Gasteiger partial charge in [-0.05, 0) is 44.9 Å². The number of allylic oxidation sites excluding steroid dienone is 4. The van der Waals surface area contributed by atoms with Gasteiger partial charge in [-0.15, -0.1) is 0 Å². The Balaban J connectivity index is 3.95. The van der Waals surface area contributed by atoms with Crippen LogP contribution in [0.25, 0.3) is 0 Å². The van der Waals surface area contributed by atoms with Crippen LogP contribution in [0.1, 0.15) is 354 Å². The molecular weight excluding hydrogens is 972 g/mol. The number of amides is 1. The maximum atomic E-state index is 13.1. The van der Waals surface area contributed by atoms with E-state index in [2.05, 4.69) is 43.5 Å². The van der Waals surface area contributed by atoms with E-state index in [1.807, 2.05) is 21.1 Å². The van der Waals surface area contributed by atoms with Crippen molar-refractivity contribution in [1.82, 2.24) is 5.32 Å². The van der Waals surface area contributed by atoms with Crippen LogP contribution in [-0.2, 0) is 18.4 Å².